The minimum Gasteiger partial charge on any atom is -0.496 e. The van der Waals surface area contributed by atoms with Crippen molar-refractivity contribution in [3.8, 4) is 28.7 Å². The van der Waals surface area contributed by atoms with Crippen LogP contribution in [0.25, 0.3) is 11.0 Å². The summed E-state index contributed by atoms with van der Waals surface area (Å²) in [7, 11) is 7.94. The average molecular weight is 486 g/mol. The molecular formula is C27H35NO7. The number of benzene rings is 2. The molecule has 3 rings (SSSR count). The van der Waals surface area contributed by atoms with E-state index in [0.717, 1.165) is 37.2 Å². The van der Waals surface area contributed by atoms with Crippen LogP contribution in [0.2, 0.25) is 0 Å². The third-order valence-corrected chi connectivity index (χ3v) is 6.38. The molecule has 0 bridgehead atoms. The predicted octanol–water partition coefficient (Wildman–Crippen LogP) is 4.70. The van der Waals surface area contributed by atoms with E-state index in [1.165, 1.54) is 6.07 Å². The molecule has 0 unspecified atom stereocenters. The van der Waals surface area contributed by atoms with Crippen LogP contribution >= 0.6 is 0 Å². The van der Waals surface area contributed by atoms with Crippen LogP contribution < -0.4 is 29.3 Å². The minimum absolute atomic E-state index is 0.210. The Morgan fingerprint density at radius 2 is 1.40 bits per heavy atom. The van der Waals surface area contributed by atoms with Crippen LogP contribution in [0, 0.1) is 0 Å². The molecule has 0 radical (unpaired) electrons. The van der Waals surface area contributed by atoms with Crippen LogP contribution in [-0.4, -0.2) is 60.1 Å². The third-order valence-electron chi connectivity index (χ3n) is 6.38. The molecule has 0 spiro atoms. The van der Waals surface area contributed by atoms with Crippen molar-refractivity contribution in [1.29, 1.82) is 0 Å². The first-order valence-corrected chi connectivity index (χ1v) is 11.7. The summed E-state index contributed by atoms with van der Waals surface area (Å²) in [4.78, 5) is 14.7. The predicted molar refractivity (Wildman–Crippen MR) is 136 cm³/mol. The summed E-state index contributed by atoms with van der Waals surface area (Å²) in [5.74, 6) is 2.54. The molecule has 0 aliphatic rings. The van der Waals surface area contributed by atoms with E-state index < -0.39 is 5.63 Å². The SMILES string of the molecule is CCN(CC)CC[C@H](c1cc(OC)c(OC)c(OC)c1)c1c(OC)cc(OC)c2ccc(=O)oc12. The molecule has 0 fully saturated rings. The number of fused-ring (bicyclic) bond motifs is 1. The first kappa shape index (κ1) is 26.2. The molecule has 1 heterocycles. The van der Waals surface area contributed by atoms with Gasteiger partial charge in [-0.2, -0.15) is 0 Å². The molecule has 0 saturated carbocycles. The van der Waals surface area contributed by atoms with Gasteiger partial charge in [-0.3, -0.25) is 0 Å². The van der Waals surface area contributed by atoms with Crippen molar-refractivity contribution in [3.63, 3.8) is 0 Å². The molecule has 8 nitrogen and oxygen atoms in total. The quantitative estimate of drug-likeness (QED) is 0.342. The van der Waals surface area contributed by atoms with E-state index in [0.29, 0.717) is 39.7 Å². The molecule has 0 aliphatic heterocycles. The van der Waals surface area contributed by atoms with Crippen LogP contribution in [0.1, 0.15) is 37.3 Å². The van der Waals surface area contributed by atoms with E-state index >= 15 is 0 Å². The zero-order chi connectivity index (χ0) is 25.5. The van der Waals surface area contributed by atoms with Crippen molar-refractivity contribution in [2.75, 3.05) is 55.2 Å². The van der Waals surface area contributed by atoms with Gasteiger partial charge in [0, 0.05) is 23.6 Å². The maximum atomic E-state index is 12.3. The van der Waals surface area contributed by atoms with E-state index in [1.807, 2.05) is 18.2 Å². The number of hydrogen-bond acceptors (Lipinski definition) is 8. The maximum absolute atomic E-state index is 12.3. The molecule has 190 valence electrons. The summed E-state index contributed by atoms with van der Waals surface area (Å²) in [5, 5.41) is 0.697. The van der Waals surface area contributed by atoms with Gasteiger partial charge in [-0.25, -0.2) is 4.79 Å². The van der Waals surface area contributed by atoms with Gasteiger partial charge in [-0.15, -0.1) is 0 Å². The molecule has 8 heteroatoms. The van der Waals surface area contributed by atoms with E-state index in [-0.39, 0.29) is 5.92 Å². The highest BCUT2D eigenvalue weighted by Crippen LogP contribution is 2.47. The second kappa shape index (κ2) is 11.8. The fourth-order valence-electron chi connectivity index (χ4n) is 4.50. The Hall–Kier alpha value is -3.39. The zero-order valence-electron chi connectivity index (χ0n) is 21.6. The van der Waals surface area contributed by atoms with Crippen LogP contribution in [-0.2, 0) is 0 Å². The van der Waals surface area contributed by atoms with E-state index in [1.54, 1.807) is 41.6 Å². The molecular weight excluding hydrogens is 450 g/mol. The van der Waals surface area contributed by atoms with Gasteiger partial charge in [0.15, 0.2) is 11.5 Å². The van der Waals surface area contributed by atoms with Gasteiger partial charge < -0.3 is 33.0 Å². The largest absolute Gasteiger partial charge is 0.496 e. The lowest BCUT2D eigenvalue weighted by Gasteiger charge is -2.26. The van der Waals surface area contributed by atoms with Gasteiger partial charge in [0.1, 0.15) is 17.1 Å². The van der Waals surface area contributed by atoms with E-state index in [4.69, 9.17) is 28.1 Å². The molecule has 1 atom stereocenters. The van der Waals surface area contributed by atoms with Gasteiger partial charge >= 0.3 is 5.63 Å². The van der Waals surface area contributed by atoms with Gasteiger partial charge in [0.2, 0.25) is 5.75 Å². The highest BCUT2D eigenvalue weighted by Gasteiger charge is 2.28. The summed E-state index contributed by atoms with van der Waals surface area (Å²) in [6, 6.07) is 8.82. The van der Waals surface area contributed by atoms with Gasteiger partial charge in [0.05, 0.1) is 40.9 Å². The minimum atomic E-state index is -0.443. The van der Waals surface area contributed by atoms with E-state index in [2.05, 4.69) is 18.7 Å². The highest BCUT2D eigenvalue weighted by molar-refractivity contribution is 5.89. The topological polar surface area (TPSA) is 79.6 Å². The monoisotopic (exact) mass is 485 g/mol. The van der Waals surface area contributed by atoms with Gasteiger partial charge in [-0.05, 0) is 49.8 Å². The Balaban J connectivity index is 2.35. The first-order valence-electron chi connectivity index (χ1n) is 11.7. The lowest BCUT2D eigenvalue weighted by atomic mass is 9.85. The Morgan fingerprint density at radius 3 is 1.91 bits per heavy atom. The Labute approximate surface area is 206 Å². The highest BCUT2D eigenvalue weighted by atomic mass is 16.5. The Kier molecular flexibility index (Phi) is 8.87. The van der Waals surface area contributed by atoms with Crippen molar-refractivity contribution < 1.29 is 28.1 Å². The molecule has 3 aromatic rings. The summed E-state index contributed by atoms with van der Waals surface area (Å²) in [5.41, 5.74) is 1.68. The fraction of sp³-hybridized carbons (Fsp3) is 0.444. The second-order valence-corrected chi connectivity index (χ2v) is 8.02. The molecule has 2 aromatic carbocycles. The molecule has 1 aromatic heterocycles. The van der Waals surface area contributed by atoms with Crippen LogP contribution in [0.3, 0.4) is 0 Å². The second-order valence-electron chi connectivity index (χ2n) is 8.02. The van der Waals surface area contributed by atoms with Crippen molar-refractivity contribution in [2.45, 2.75) is 26.2 Å². The van der Waals surface area contributed by atoms with Gasteiger partial charge in [0.25, 0.3) is 0 Å². The maximum Gasteiger partial charge on any atom is 0.336 e. The van der Waals surface area contributed by atoms with Gasteiger partial charge in [-0.1, -0.05) is 13.8 Å². The zero-order valence-corrected chi connectivity index (χ0v) is 21.6. The first-order chi connectivity index (χ1) is 17.0. The number of ether oxygens (including phenoxy) is 5. The summed E-state index contributed by atoms with van der Waals surface area (Å²) in [6.45, 7) is 6.95. The average Bonchev–Trinajstić information content (AvgIpc) is 2.89. The fourth-order valence-corrected chi connectivity index (χ4v) is 4.50. The number of hydrogen-bond donors (Lipinski definition) is 0. The van der Waals surface area contributed by atoms with Crippen molar-refractivity contribution in [1.82, 2.24) is 4.90 Å². The summed E-state index contributed by atoms with van der Waals surface area (Å²) >= 11 is 0. The van der Waals surface area contributed by atoms with Crippen LogP contribution in [0.4, 0.5) is 0 Å². The summed E-state index contributed by atoms with van der Waals surface area (Å²) in [6.07, 6.45) is 0.733. The standard InChI is InChI=1S/C27H35NO7/c1-8-28(9-2)13-12-18(17-14-22(32-5)27(34-7)23(15-17)33-6)25-21(31-4)16-20(30-3)19-10-11-24(29)35-26(19)25/h10-11,14-16,18H,8-9,12-13H2,1-7H3/t18-/m1/s1. The van der Waals surface area contributed by atoms with E-state index in [9.17, 15) is 4.79 Å². The lowest BCUT2D eigenvalue weighted by Crippen LogP contribution is -2.25. The Morgan fingerprint density at radius 1 is 0.800 bits per heavy atom. The van der Waals surface area contributed by atoms with Crippen LogP contribution in [0.15, 0.2) is 39.5 Å². The molecule has 0 aliphatic carbocycles. The number of rotatable bonds is 12. The molecule has 0 N–H and O–H groups in total. The lowest BCUT2D eigenvalue weighted by molar-refractivity contribution is 0.292. The number of nitrogens with zero attached hydrogens (tertiary/aromatic N) is 1. The van der Waals surface area contributed by atoms with Crippen molar-refractivity contribution >= 4 is 11.0 Å². The summed E-state index contributed by atoms with van der Waals surface area (Å²) < 4.78 is 34.0. The number of methoxy groups -OCH3 is 5. The van der Waals surface area contributed by atoms with Crippen molar-refractivity contribution in [3.05, 3.63) is 51.9 Å². The third kappa shape index (κ3) is 5.32. The van der Waals surface area contributed by atoms with Crippen molar-refractivity contribution in [2.24, 2.45) is 0 Å². The molecule has 0 saturated heterocycles. The normalized spacial score (nSPS) is 12.0. The molecule has 0 amide bonds. The van der Waals surface area contributed by atoms with Crippen LogP contribution in [0.5, 0.6) is 28.7 Å². The molecule has 35 heavy (non-hydrogen) atoms. The Bertz CT molecular complexity index is 1180. The smallest absolute Gasteiger partial charge is 0.336 e.